The molecule has 0 spiro atoms. The first-order chi connectivity index (χ1) is 7.74. The fraction of sp³-hybridized carbons (Fsp3) is 0.462. The van der Waals surface area contributed by atoms with Crippen molar-refractivity contribution in [3.8, 4) is 0 Å². The Morgan fingerprint density at radius 3 is 3.00 bits per heavy atom. The summed E-state index contributed by atoms with van der Waals surface area (Å²) in [6.45, 7) is 2.33. The smallest absolute Gasteiger partial charge is 0.0960 e. The number of nitrogens with zero attached hydrogens (tertiary/aromatic N) is 2. The molecule has 2 unspecified atom stereocenters. The van der Waals surface area contributed by atoms with Gasteiger partial charge in [0.05, 0.1) is 17.4 Å². The molecule has 1 saturated carbocycles. The van der Waals surface area contributed by atoms with Crippen molar-refractivity contribution in [2.75, 3.05) is 5.73 Å². The van der Waals surface area contributed by atoms with E-state index in [1.54, 1.807) is 0 Å². The van der Waals surface area contributed by atoms with E-state index in [4.69, 9.17) is 5.73 Å². The number of fused-ring (bicyclic) bond motifs is 1. The Bertz CT molecular complexity index is 515. The maximum Gasteiger partial charge on any atom is 0.0960 e. The first kappa shape index (κ1) is 9.70. The zero-order valence-corrected chi connectivity index (χ0v) is 9.56. The van der Waals surface area contributed by atoms with E-state index >= 15 is 0 Å². The summed E-state index contributed by atoms with van der Waals surface area (Å²) >= 11 is 0. The molecule has 0 bridgehead atoms. The fourth-order valence-electron chi connectivity index (χ4n) is 2.77. The lowest BCUT2D eigenvalue weighted by molar-refractivity contribution is 0.504. The third kappa shape index (κ3) is 1.47. The van der Waals surface area contributed by atoms with Crippen molar-refractivity contribution in [3.63, 3.8) is 0 Å². The van der Waals surface area contributed by atoms with Crippen LogP contribution in [0.25, 0.3) is 11.0 Å². The SMILES string of the molecule is CC1CCC(n2cnc3cc(N)ccc32)C1. The highest BCUT2D eigenvalue weighted by molar-refractivity contribution is 5.79. The zero-order valence-electron chi connectivity index (χ0n) is 9.56. The Morgan fingerprint density at radius 1 is 1.38 bits per heavy atom. The van der Waals surface area contributed by atoms with Gasteiger partial charge >= 0.3 is 0 Å². The highest BCUT2D eigenvalue weighted by atomic mass is 15.1. The van der Waals surface area contributed by atoms with Gasteiger partial charge in [0.1, 0.15) is 0 Å². The lowest BCUT2D eigenvalue weighted by atomic mass is 10.1. The van der Waals surface area contributed by atoms with Gasteiger partial charge in [-0.2, -0.15) is 0 Å². The van der Waals surface area contributed by atoms with Gasteiger partial charge in [-0.05, 0) is 43.4 Å². The largest absolute Gasteiger partial charge is 0.399 e. The van der Waals surface area contributed by atoms with E-state index in [2.05, 4.69) is 22.5 Å². The molecular weight excluding hydrogens is 198 g/mol. The molecule has 1 heterocycles. The van der Waals surface area contributed by atoms with E-state index in [-0.39, 0.29) is 0 Å². The average molecular weight is 215 g/mol. The van der Waals surface area contributed by atoms with Crippen LogP contribution >= 0.6 is 0 Å². The van der Waals surface area contributed by atoms with Crippen LogP contribution in [0, 0.1) is 5.92 Å². The van der Waals surface area contributed by atoms with E-state index in [9.17, 15) is 0 Å². The van der Waals surface area contributed by atoms with Crippen molar-refractivity contribution in [2.24, 2.45) is 5.92 Å². The second-order valence-electron chi connectivity index (χ2n) is 4.97. The Labute approximate surface area is 95.3 Å². The van der Waals surface area contributed by atoms with E-state index < -0.39 is 0 Å². The van der Waals surface area contributed by atoms with Crippen LogP contribution in [-0.4, -0.2) is 9.55 Å². The van der Waals surface area contributed by atoms with Crippen molar-refractivity contribution in [1.82, 2.24) is 9.55 Å². The minimum atomic E-state index is 0.628. The predicted octanol–water partition coefficient (Wildman–Crippen LogP) is 2.98. The maximum atomic E-state index is 5.76. The van der Waals surface area contributed by atoms with E-state index in [1.807, 2.05) is 18.5 Å². The fourth-order valence-corrected chi connectivity index (χ4v) is 2.77. The molecule has 0 radical (unpaired) electrons. The number of nitrogen functional groups attached to an aromatic ring is 1. The van der Waals surface area contributed by atoms with Crippen LogP contribution in [0.3, 0.4) is 0 Å². The minimum absolute atomic E-state index is 0.628. The molecule has 3 rings (SSSR count). The van der Waals surface area contributed by atoms with Gasteiger partial charge in [-0.1, -0.05) is 6.92 Å². The van der Waals surface area contributed by atoms with Gasteiger partial charge in [0, 0.05) is 11.7 Å². The van der Waals surface area contributed by atoms with Gasteiger partial charge in [-0.25, -0.2) is 4.98 Å². The minimum Gasteiger partial charge on any atom is -0.399 e. The van der Waals surface area contributed by atoms with Gasteiger partial charge in [-0.3, -0.25) is 0 Å². The summed E-state index contributed by atoms with van der Waals surface area (Å²) in [6.07, 6.45) is 5.85. The summed E-state index contributed by atoms with van der Waals surface area (Å²) < 4.78 is 2.32. The van der Waals surface area contributed by atoms with Crippen LogP contribution in [0.4, 0.5) is 5.69 Å². The highest BCUT2D eigenvalue weighted by Crippen LogP contribution is 2.35. The molecule has 3 heteroatoms. The molecule has 1 aliphatic rings. The van der Waals surface area contributed by atoms with Gasteiger partial charge in [0.15, 0.2) is 0 Å². The van der Waals surface area contributed by atoms with Crippen LogP contribution < -0.4 is 5.73 Å². The Kier molecular flexibility index (Phi) is 2.13. The van der Waals surface area contributed by atoms with E-state index in [0.29, 0.717) is 6.04 Å². The number of rotatable bonds is 1. The van der Waals surface area contributed by atoms with Crippen molar-refractivity contribution in [1.29, 1.82) is 0 Å². The van der Waals surface area contributed by atoms with Crippen molar-refractivity contribution in [2.45, 2.75) is 32.2 Å². The third-order valence-corrected chi connectivity index (χ3v) is 3.66. The van der Waals surface area contributed by atoms with Gasteiger partial charge in [0.25, 0.3) is 0 Å². The van der Waals surface area contributed by atoms with Crippen LogP contribution in [0.15, 0.2) is 24.5 Å². The average Bonchev–Trinajstić information content (AvgIpc) is 2.83. The summed E-state index contributed by atoms with van der Waals surface area (Å²) in [4.78, 5) is 4.43. The number of aromatic nitrogens is 2. The summed E-state index contributed by atoms with van der Waals surface area (Å²) in [5.74, 6) is 0.844. The van der Waals surface area contributed by atoms with Crippen LogP contribution in [0.5, 0.6) is 0 Å². The van der Waals surface area contributed by atoms with Crippen LogP contribution in [0.2, 0.25) is 0 Å². The summed E-state index contributed by atoms with van der Waals surface area (Å²) in [5, 5.41) is 0. The lowest BCUT2D eigenvalue weighted by Gasteiger charge is -2.12. The van der Waals surface area contributed by atoms with Crippen LogP contribution in [0.1, 0.15) is 32.2 Å². The summed E-state index contributed by atoms with van der Waals surface area (Å²) in [7, 11) is 0. The van der Waals surface area contributed by atoms with Crippen molar-refractivity contribution in [3.05, 3.63) is 24.5 Å². The monoisotopic (exact) mass is 215 g/mol. The molecule has 0 saturated heterocycles. The van der Waals surface area contributed by atoms with E-state index in [0.717, 1.165) is 17.1 Å². The highest BCUT2D eigenvalue weighted by Gasteiger charge is 2.23. The Hall–Kier alpha value is -1.51. The molecule has 3 nitrogen and oxygen atoms in total. The number of imidazole rings is 1. The second kappa shape index (κ2) is 3.51. The lowest BCUT2D eigenvalue weighted by Crippen LogP contribution is -2.03. The number of anilines is 1. The molecule has 2 aromatic rings. The number of hydrogen-bond acceptors (Lipinski definition) is 2. The van der Waals surface area contributed by atoms with Crippen molar-refractivity contribution < 1.29 is 0 Å². The van der Waals surface area contributed by atoms with Crippen molar-refractivity contribution >= 4 is 16.7 Å². The molecule has 2 N–H and O–H groups in total. The molecular formula is C13H17N3. The molecule has 1 fully saturated rings. The number of hydrogen-bond donors (Lipinski definition) is 1. The van der Waals surface area contributed by atoms with Gasteiger partial charge < -0.3 is 10.3 Å². The third-order valence-electron chi connectivity index (χ3n) is 3.66. The molecule has 1 aliphatic carbocycles. The Balaban J connectivity index is 2.04. The van der Waals surface area contributed by atoms with E-state index in [1.165, 1.54) is 24.8 Å². The summed E-state index contributed by atoms with van der Waals surface area (Å²) in [6, 6.07) is 6.62. The zero-order chi connectivity index (χ0) is 11.1. The van der Waals surface area contributed by atoms with Gasteiger partial charge in [0.2, 0.25) is 0 Å². The first-order valence-corrected chi connectivity index (χ1v) is 5.96. The van der Waals surface area contributed by atoms with Crippen LogP contribution in [-0.2, 0) is 0 Å². The quantitative estimate of drug-likeness (QED) is 0.743. The number of benzene rings is 1. The first-order valence-electron chi connectivity index (χ1n) is 5.96. The molecule has 0 aliphatic heterocycles. The maximum absolute atomic E-state index is 5.76. The van der Waals surface area contributed by atoms with Gasteiger partial charge in [-0.15, -0.1) is 0 Å². The Morgan fingerprint density at radius 2 is 2.25 bits per heavy atom. The topological polar surface area (TPSA) is 43.8 Å². The second-order valence-corrected chi connectivity index (χ2v) is 4.97. The molecule has 2 atom stereocenters. The molecule has 1 aromatic carbocycles. The standard InChI is InChI=1S/C13H17N3/c1-9-2-4-11(6-9)16-8-15-12-7-10(14)3-5-13(12)16/h3,5,7-9,11H,2,4,6,14H2,1H3. The summed E-state index contributed by atoms with van der Waals surface area (Å²) in [5.41, 5.74) is 8.78. The molecule has 0 amide bonds. The number of nitrogens with two attached hydrogens (primary N) is 1. The molecule has 16 heavy (non-hydrogen) atoms. The molecule has 84 valence electrons. The molecule has 1 aromatic heterocycles. The normalized spacial score (nSPS) is 25.3. The predicted molar refractivity (Wildman–Crippen MR) is 66.2 cm³/mol.